The highest BCUT2D eigenvalue weighted by Gasteiger charge is 2.20. The van der Waals surface area contributed by atoms with E-state index in [9.17, 15) is 0 Å². The highest BCUT2D eigenvalue weighted by atomic mass is 16.5. The summed E-state index contributed by atoms with van der Waals surface area (Å²) in [6.07, 6.45) is 3.83. The van der Waals surface area contributed by atoms with Gasteiger partial charge in [0.1, 0.15) is 0 Å². The second-order valence-electron chi connectivity index (χ2n) is 3.59. The third-order valence-electron chi connectivity index (χ3n) is 2.14. The number of rotatable bonds is 3. The molecule has 0 aliphatic carbocycles. The highest BCUT2D eigenvalue weighted by Crippen LogP contribution is 2.10. The lowest BCUT2D eigenvalue weighted by atomic mass is 10.2. The Morgan fingerprint density at radius 3 is 2.50 bits per heavy atom. The van der Waals surface area contributed by atoms with E-state index in [1.54, 1.807) is 0 Å². The molecule has 0 aromatic heterocycles. The maximum Gasteiger partial charge on any atom is 0.0678 e. The first kappa shape index (κ1) is 9.75. The Morgan fingerprint density at radius 1 is 1.42 bits per heavy atom. The zero-order valence-electron chi connectivity index (χ0n) is 8.12. The Hall–Kier alpha value is -0.340. The van der Waals surface area contributed by atoms with E-state index in [1.165, 1.54) is 0 Å². The van der Waals surface area contributed by atoms with Crippen molar-refractivity contribution in [3.05, 3.63) is 12.7 Å². The molecular weight excluding hydrogens is 150 g/mol. The van der Waals surface area contributed by atoms with Crippen molar-refractivity contribution in [3.63, 3.8) is 0 Å². The van der Waals surface area contributed by atoms with Crippen LogP contribution < -0.4 is 0 Å². The van der Waals surface area contributed by atoms with Gasteiger partial charge >= 0.3 is 0 Å². The minimum absolute atomic E-state index is 0.388. The van der Waals surface area contributed by atoms with Gasteiger partial charge in [-0.2, -0.15) is 0 Å². The Kier molecular flexibility index (Phi) is 3.76. The lowest BCUT2D eigenvalue weighted by molar-refractivity contribution is -0.0673. The summed E-state index contributed by atoms with van der Waals surface area (Å²) < 4.78 is 5.63. The van der Waals surface area contributed by atoms with E-state index in [2.05, 4.69) is 25.3 Å². The molecule has 1 aliphatic heterocycles. The number of hydrogen-bond donors (Lipinski definition) is 0. The predicted octanol–water partition coefficient (Wildman–Crippen LogP) is 1.67. The molecule has 0 bridgehead atoms. The van der Waals surface area contributed by atoms with Crippen molar-refractivity contribution in [2.45, 2.75) is 32.5 Å². The smallest absolute Gasteiger partial charge is 0.0678 e. The molecule has 12 heavy (non-hydrogen) atoms. The summed E-state index contributed by atoms with van der Waals surface area (Å²) in [4.78, 5) is 2.44. The molecule has 0 N–H and O–H groups in total. The van der Waals surface area contributed by atoms with E-state index in [4.69, 9.17) is 4.74 Å². The van der Waals surface area contributed by atoms with Crippen LogP contribution in [0.3, 0.4) is 0 Å². The van der Waals surface area contributed by atoms with Crippen LogP contribution in [0.5, 0.6) is 0 Å². The van der Waals surface area contributed by atoms with Crippen LogP contribution in [0.15, 0.2) is 12.7 Å². The van der Waals surface area contributed by atoms with Gasteiger partial charge < -0.3 is 4.74 Å². The zero-order valence-corrected chi connectivity index (χ0v) is 8.12. The molecule has 1 saturated heterocycles. The number of hydrogen-bond acceptors (Lipinski definition) is 2. The fourth-order valence-electron chi connectivity index (χ4n) is 1.74. The minimum Gasteiger partial charge on any atom is -0.373 e. The molecule has 0 saturated carbocycles. The van der Waals surface area contributed by atoms with Crippen LogP contribution in [-0.4, -0.2) is 36.7 Å². The summed E-state index contributed by atoms with van der Waals surface area (Å²) in [7, 11) is 0. The van der Waals surface area contributed by atoms with Gasteiger partial charge in [0.05, 0.1) is 12.2 Å². The lowest BCUT2D eigenvalue weighted by Crippen LogP contribution is -2.45. The molecule has 0 aromatic rings. The van der Waals surface area contributed by atoms with Gasteiger partial charge in [0, 0.05) is 19.6 Å². The molecule has 1 fully saturated rings. The van der Waals surface area contributed by atoms with E-state index < -0.39 is 0 Å². The molecule has 2 heteroatoms. The van der Waals surface area contributed by atoms with Crippen molar-refractivity contribution in [2.75, 3.05) is 19.6 Å². The van der Waals surface area contributed by atoms with Crippen LogP contribution in [0, 0.1) is 0 Å². The van der Waals surface area contributed by atoms with Crippen LogP contribution in [0.1, 0.15) is 20.3 Å². The fraction of sp³-hybridized carbons (Fsp3) is 0.800. The summed E-state index contributed by atoms with van der Waals surface area (Å²) in [5.74, 6) is 0. The van der Waals surface area contributed by atoms with Crippen LogP contribution in [-0.2, 0) is 4.74 Å². The van der Waals surface area contributed by atoms with Gasteiger partial charge in [-0.15, -0.1) is 6.58 Å². The van der Waals surface area contributed by atoms with E-state index in [-0.39, 0.29) is 0 Å². The molecule has 1 heterocycles. The van der Waals surface area contributed by atoms with Crippen molar-refractivity contribution in [1.82, 2.24) is 4.90 Å². The van der Waals surface area contributed by atoms with E-state index in [0.29, 0.717) is 12.2 Å². The zero-order chi connectivity index (χ0) is 8.97. The Balaban J connectivity index is 2.28. The maximum atomic E-state index is 5.63. The van der Waals surface area contributed by atoms with Crippen LogP contribution >= 0.6 is 0 Å². The van der Waals surface area contributed by atoms with Gasteiger partial charge in [-0.05, 0) is 20.3 Å². The third-order valence-corrected chi connectivity index (χ3v) is 2.14. The molecule has 1 aliphatic rings. The number of ether oxygens (including phenoxy) is 1. The first-order valence-corrected chi connectivity index (χ1v) is 4.71. The first-order valence-electron chi connectivity index (χ1n) is 4.71. The molecule has 0 aromatic carbocycles. The Bertz CT molecular complexity index is 137. The van der Waals surface area contributed by atoms with E-state index in [1.807, 2.05) is 6.08 Å². The molecular formula is C10H19NO. The summed E-state index contributed by atoms with van der Waals surface area (Å²) in [5.41, 5.74) is 0. The Morgan fingerprint density at radius 2 is 2.00 bits per heavy atom. The van der Waals surface area contributed by atoms with Gasteiger partial charge in [0.25, 0.3) is 0 Å². The largest absolute Gasteiger partial charge is 0.373 e. The number of morpholine rings is 1. The van der Waals surface area contributed by atoms with Crippen molar-refractivity contribution in [2.24, 2.45) is 0 Å². The molecule has 2 nitrogen and oxygen atoms in total. The molecule has 0 spiro atoms. The van der Waals surface area contributed by atoms with Crippen LogP contribution in [0.2, 0.25) is 0 Å². The summed E-state index contributed by atoms with van der Waals surface area (Å²) in [6.45, 7) is 11.3. The van der Waals surface area contributed by atoms with E-state index >= 15 is 0 Å². The molecule has 70 valence electrons. The summed E-state index contributed by atoms with van der Waals surface area (Å²) >= 11 is 0. The fourth-order valence-corrected chi connectivity index (χ4v) is 1.74. The van der Waals surface area contributed by atoms with Gasteiger partial charge in [0.2, 0.25) is 0 Å². The SMILES string of the molecule is C=CCCN1CC(C)OC(C)C1. The maximum absolute atomic E-state index is 5.63. The second kappa shape index (κ2) is 4.63. The minimum atomic E-state index is 0.388. The van der Waals surface area contributed by atoms with Gasteiger partial charge in [-0.3, -0.25) is 4.90 Å². The number of nitrogens with zero attached hydrogens (tertiary/aromatic N) is 1. The molecule has 0 radical (unpaired) electrons. The van der Waals surface area contributed by atoms with Gasteiger partial charge in [0.15, 0.2) is 0 Å². The third kappa shape index (κ3) is 2.95. The van der Waals surface area contributed by atoms with Crippen LogP contribution in [0.4, 0.5) is 0 Å². The quantitative estimate of drug-likeness (QED) is 0.596. The molecule has 1 rings (SSSR count). The molecule has 0 amide bonds. The molecule has 2 unspecified atom stereocenters. The topological polar surface area (TPSA) is 12.5 Å². The normalized spacial score (nSPS) is 31.8. The van der Waals surface area contributed by atoms with Crippen molar-refractivity contribution >= 4 is 0 Å². The summed E-state index contributed by atoms with van der Waals surface area (Å²) in [6, 6.07) is 0. The highest BCUT2D eigenvalue weighted by molar-refractivity contribution is 4.76. The van der Waals surface area contributed by atoms with Crippen molar-refractivity contribution in [1.29, 1.82) is 0 Å². The predicted molar refractivity (Wildman–Crippen MR) is 51.3 cm³/mol. The van der Waals surface area contributed by atoms with Crippen molar-refractivity contribution < 1.29 is 4.74 Å². The van der Waals surface area contributed by atoms with E-state index in [0.717, 1.165) is 26.1 Å². The van der Waals surface area contributed by atoms with Crippen LogP contribution in [0.25, 0.3) is 0 Å². The van der Waals surface area contributed by atoms with Gasteiger partial charge in [-0.1, -0.05) is 6.08 Å². The molecule has 2 atom stereocenters. The second-order valence-corrected chi connectivity index (χ2v) is 3.59. The summed E-state index contributed by atoms with van der Waals surface area (Å²) in [5, 5.41) is 0. The van der Waals surface area contributed by atoms with Gasteiger partial charge in [-0.25, -0.2) is 0 Å². The standard InChI is InChI=1S/C10H19NO/c1-4-5-6-11-7-9(2)12-10(3)8-11/h4,9-10H,1,5-8H2,2-3H3. The lowest BCUT2D eigenvalue weighted by Gasteiger charge is -2.35. The Labute approximate surface area is 75.2 Å². The van der Waals surface area contributed by atoms with Crippen molar-refractivity contribution in [3.8, 4) is 0 Å². The first-order chi connectivity index (χ1) is 5.72. The average Bonchev–Trinajstić information content (AvgIpc) is 1.99. The average molecular weight is 169 g/mol. The monoisotopic (exact) mass is 169 g/mol.